The van der Waals surface area contributed by atoms with E-state index in [4.69, 9.17) is 4.74 Å². The van der Waals surface area contributed by atoms with Crippen LogP contribution in [0, 0.1) is 0 Å². The van der Waals surface area contributed by atoms with Crippen molar-refractivity contribution in [2.45, 2.75) is 90.3 Å². The molecular weight excluding hydrogens is 434 g/mol. The Hall–Kier alpha value is -2.59. The van der Waals surface area contributed by atoms with Gasteiger partial charge >= 0.3 is 0 Å². The summed E-state index contributed by atoms with van der Waals surface area (Å²) in [6.07, 6.45) is 16.9. The van der Waals surface area contributed by atoms with Crippen molar-refractivity contribution < 1.29 is 14.6 Å². The van der Waals surface area contributed by atoms with E-state index in [0.29, 0.717) is 11.3 Å². The van der Waals surface area contributed by atoms with Gasteiger partial charge in [-0.25, -0.2) is 0 Å². The molecule has 4 heteroatoms. The summed E-state index contributed by atoms with van der Waals surface area (Å²) in [7, 11) is 3.93. The molecule has 0 fully saturated rings. The van der Waals surface area contributed by atoms with E-state index >= 15 is 0 Å². The van der Waals surface area contributed by atoms with Crippen LogP contribution in [-0.2, 0) is 6.42 Å². The highest BCUT2D eigenvalue weighted by molar-refractivity contribution is 5.97. The first kappa shape index (κ1) is 28.6. The molecule has 0 aliphatic carbocycles. The predicted molar refractivity (Wildman–Crippen MR) is 147 cm³/mol. The van der Waals surface area contributed by atoms with Crippen molar-refractivity contribution in [1.29, 1.82) is 0 Å². The molecule has 0 aromatic heterocycles. The van der Waals surface area contributed by atoms with Crippen LogP contribution in [0.3, 0.4) is 0 Å². The van der Waals surface area contributed by atoms with Gasteiger partial charge in [-0.1, -0.05) is 82.9 Å². The highest BCUT2D eigenvalue weighted by Gasteiger charge is 2.06. The molecule has 0 radical (unpaired) electrons. The molecule has 1 atom stereocenters. The number of aliphatic hydroxyl groups excluding tert-OH is 1. The zero-order valence-corrected chi connectivity index (χ0v) is 22.0. The lowest BCUT2D eigenvalue weighted by molar-refractivity contribution is 0.0246. The number of unbranched alkanes of at least 4 members (excludes halogenated alkanes) is 9. The summed E-state index contributed by atoms with van der Waals surface area (Å²) in [6.45, 7) is 2.27. The van der Waals surface area contributed by atoms with E-state index in [0.717, 1.165) is 12.1 Å². The van der Waals surface area contributed by atoms with Gasteiger partial charge in [0.05, 0.1) is 0 Å². The van der Waals surface area contributed by atoms with Gasteiger partial charge in [0.15, 0.2) is 5.78 Å². The SMILES string of the molecule is CCCCCCCCCCCCc1ccc(OC(O)C=CCC(=O)c2ccc(N(C)C)cc2)cc1. The molecule has 2 rings (SSSR count). The topological polar surface area (TPSA) is 49.8 Å². The van der Waals surface area contributed by atoms with Crippen LogP contribution in [0.15, 0.2) is 60.7 Å². The lowest BCUT2D eigenvalue weighted by Gasteiger charge is -2.12. The molecule has 0 heterocycles. The zero-order valence-electron chi connectivity index (χ0n) is 22.0. The number of nitrogens with zero attached hydrogens (tertiary/aromatic N) is 1. The third kappa shape index (κ3) is 12.1. The Morgan fingerprint density at radius 2 is 1.43 bits per heavy atom. The van der Waals surface area contributed by atoms with Crippen molar-refractivity contribution in [3.05, 3.63) is 71.8 Å². The predicted octanol–water partition coefficient (Wildman–Crippen LogP) is 7.74. The largest absolute Gasteiger partial charge is 0.461 e. The fraction of sp³-hybridized carbons (Fsp3) is 0.516. The number of allylic oxidation sites excluding steroid dienone is 1. The van der Waals surface area contributed by atoms with E-state index in [1.54, 1.807) is 6.08 Å². The van der Waals surface area contributed by atoms with Gasteiger partial charge < -0.3 is 14.7 Å². The normalized spacial score (nSPS) is 12.1. The lowest BCUT2D eigenvalue weighted by atomic mass is 10.0. The maximum absolute atomic E-state index is 12.3. The van der Waals surface area contributed by atoms with Crippen LogP contribution < -0.4 is 9.64 Å². The number of carbonyl (C=O) groups is 1. The maximum atomic E-state index is 12.3. The number of anilines is 1. The Balaban J connectivity index is 1.61. The molecule has 0 spiro atoms. The number of aryl methyl sites for hydroxylation is 1. The molecule has 1 N–H and O–H groups in total. The van der Waals surface area contributed by atoms with Gasteiger partial charge in [-0.2, -0.15) is 0 Å². The number of benzene rings is 2. The zero-order chi connectivity index (χ0) is 25.3. The Kier molecular flexibility index (Phi) is 13.9. The molecule has 0 amide bonds. The van der Waals surface area contributed by atoms with Crippen molar-refractivity contribution in [2.75, 3.05) is 19.0 Å². The van der Waals surface area contributed by atoms with E-state index in [1.807, 2.05) is 55.4 Å². The van der Waals surface area contributed by atoms with Gasteiger partial charge in [-0.3, -0.25) is 4.79 Å². The van der Waals surface area contributed by atoms with E-state index in [1.165, 1.54) is 75.8 Å². The third-order valence-electron chi connectivity index (χ3n) is 6.31. The maximum Gasteiger partial charge on any atom is 0.217 e. The number of Topliss-reactive ketones (excluding diaryl/α,β-unsaturated/α-hetero) is 1. The minimum atomic E-state index is -1.08. The van der Waals surface area contributed by atoms with Gasteiger partial charge in [-0.15, -0.1) is 0 Å². The van der Waals surface area contributed by atoms with E-state index in [-0.39, 0.29) is 12.2 Å². The van der Waals surface area contributed by atoms with E-state index in [9.17, 15) is 9.90 Å². The summed E-state index contributed by atoms with van der Waals surface area (Å²) in [5, 5.41) is 10.1. The first-order chi connectivity index (χ1) is 17.0. The number of ketones is 1. The monoisotopic (exact) mass is 479 g/mol. The molecule has 0 saturated heterocycles. The standard InChI is InChI=1S/C31H45NO3/c1-4-5-6-7-8-9-10-11-12-13-15-26-18-24-29(25-19-26)35-31(34)17-14-16-30(33)27-20-22-28(23-21-27)32(2)3/h14,17-25,31,34H,4-13,15-16H2,1-3H3. The molecule has 0 aliphatic heterocycles. The fourth-order valence-electron chi connectivity index (χ4n) is 4.08. The van der Waals surface area contributed by atoms with Gasteiger partial charge in [0.25, 0.3) is 0 Å². The highest BCUT2D eigenvalue weighted by atomic mass is 16.6. The van der Waals surface area contributed by atoms with Crippen molar-refractivity contribution in [2.24, 2.45) is 0 Å². The van der Waals surface area contributed by atoms with E-state index in [2.05, 4.69) is 19.1 Å². The second-order valence-electron chi connectivity index (χ2n) is 9.58. The molecule has 2 aromatic rings. The van der Waals surface area contributed by atoms with Crippen LogP contribution in [-0.4, -0.2) is 31.3 Å². The molecule has 2 aromatic carbocycles. The first-order valence-electron chi connectivity index (χ1n) is 13.4. The molecule has 4 nitrogen and oxygen atoms in total. The second-order valence-corrected chi connectivity index (χ2v) is 9.58. The molecule has 1 unspecified atom stereocenters. The number of hydrogen-bond donors (Lipinski definition) is 1. The molecule has 0 saturated carbocycles. The highest BCUT2D eigenvalue weighted by Crippen LogP contribution is 2.17. The Labute approximate surface area is 213 Å². The average molecular weight is 480 g/mol. The van der Waals surface area contributed by atoms with Crippen molar-refractivity contribution in [3.8, 4) is 5.75 Å². The van der Waals surface area contributed by atoms with E-state index < -0.39 is 6.29 Å². The van der Waals surface area contributed by atoms with Crippen LogP contribution in [0.2, 0.25) is 0 Å². The first-order valence-corrected chi connectivity index (χ1v) is 13.4. The van der Waals surface area contributed by atoms with Gasteiger partial charge in [0, 0.05) is 31.8 Å². The number of aliphatic hydroxyl groups is 1. The summed E-state index contributed by atoms with van der Waals surface area (Å²) >= 11 is 0. The molecular formula is C31H45NO3. The van der Waals surface area contributed by atoms with Crippen LogP contribution in [0.5, 0.6) is 5.75 Å². The molecule has 0 bridgehead atoms. The minimum Gasteiger partial charge on any atom is -0.461 e. The van der Waals surface area contributed by atoms with Crippen molar-refractivity contribution >= 4 is 11.5 Å². The quantitative estimate of drug-likeness (QED) is 0.103. The van der Waals surface area contributed by atoms with Crippen LogP contribution in [0.25, 0.3) is 0 Å². The van der Waals surface area contributed by atoms with Crippen molar-refractivity contribution in [3.63, 3.8) is 0 Å². The minimum absolute atomic E-state index is 0.00934. The average Bonchev–Trinajstić information content (AvgIpc) is 2.86. The van der Waals surface area contributed by atoms with Gasteiger partial charge in [0.1, 0.15) is 5.75 Å². The van der Waals surface area contributed by atoms with Gasteiger partial charge in [0.2, 0.25) is 6.29 Å². The fourth-order valence-corrected chi connectivity index (χ4v) is 4.08. The van der Waals surface area contributed by atoms with Crippen LogP contribution in [0.1, 0.15) is 93.5 Å². The smallest absolute Gasteiger partial charge is 0.217 e. The lowest BCUT2D eigenvalue weighted by Crippen LogP contribution is -2.12. The number of ether oxygens (including phenoxy) is 1. The summed E-state index contributed by atoms with van der Waals surface area (Å²) < 4.78 is 5.56. The van der Waals surface area contributed by atoms with Crippen LogP contribution >= 0.6 is 0 Å². The summed E-state index contributed by atoms with van der Waals surface area (Å²) in [5.74, 6) is 0.634. The molecule has 0 aliphatic rings. The Bertz CT molecular complexity index is 856. The number of rotatable bonds is 18. The summed E-state index contributed by atoms with van der Waals surface area (Å²) in [5.41, 5.74) is 3.01. The number of hydrogen-bond acceptors (Lipinski definition) is 4. The molecule has 35 heavy (non-hydrogen) atoms. The Morgan fingerprint density at radius 3 is 2.00 bits per heavy atom. The van der Waals surface area contributed by atoms with Gasteiger partial charge in [-0.05, 0) is 60.9 Å². The third-order valence-corrected chi connectivity index (χ3v) is 6.31. The van der Waals surface area contributed by atoms with Crippen LogP contribution in [0.4, 0.5) is 5.69 Å². The summed E-state index contributed by atoms with van der Waals surface area (Å²) in [6, 6.07) is 15.5. The summed E-state index contributed by atoms with van der Waals surface area (Å²) in [4.78, 5) is 14.3. The van der Waals surface area contributed by atoms with Crippen molar-refractivity contribution in [1.82, 2.24) is 0 Å². The number of carbonyl (C=O) groups excluding carboxylic acids is 1. The molecule has 192 valence electrons. The Morgan fingerprint density at radius 1 is 0.857 bits per heavy atom. The second kappa shape index (κ2) is 16.9.